The van der Waals surface area contributed by atoms with Gasteiger partial charge in [-0.1, -0.05) is 76.2 Å². The third kappa shape index (κ3) is 12.4. The Morgan fingerprint density at radius 1 is 0.489 bits per heavy atom. The lowest BCUT2D eigenvalue weighted by Gasteiger charge is -2.31. The highest BCUT2D eigenvalue weighted by molar-refractivity contribution is 6.07. The molecule has 0 spiro atoms. The molecule has 18 heteroatoms. The second kappa shape index (κ2) is 25.8. The van der Waals surface area contributed by atoms with Crippen LogP contribution in [-0.4, -0.2) is 130 Å². The van der Waals surface area contributed by atoms with E-state index in [1.165, 1.54) is 77.4 Å². The molecule has 464 valence electrons. The highest BCUT2D eigenvalue weighted by Crippen LogP contribution is 2.38. The van der Waals surface area contributed by atoms with Crippen molar-refractivity contribution in [2.24, 2.45) is 21.8 Å². The number of benzene rings is 6. The van der Waals surface area contributed by atoms with Gasteiger partial charge >= 0.3 is 12.2 Å². The first-order chi connectivity index (χ1) is 43.7. The number of imidazole rings is 2. The highest BCUT2D eigenvalue weighted by Gasteiger charge is 2.40. The number of aromatic nitrogens is 4. The third-order valence-electron chi connectivity index (χ3n) is 19.1. The van der Waals surface area contributed by atoms with Crippen molar-refractivity contribution in [3.8, 4) is 22.5 Å². The van der Waals surface area contributed by atoms with Crippen LogP contribution in [0, 0.1) is 11.8 Å². The van der Waals surface area contributed by atoms with Crippen molar-refractivity contribution in [2.45, 2.75) is 128 Å². The second-order valence-electron chi connectivity index (χ2n) is 25.6. The van der Waals surface area contributed by atoms with E-state index in [4.69, 9.17) is 24.4 Å². The zero-order valence-electron chi connectivity index (χ0n) is 52.2. The van der Waals surface area contributed by atoms with Crippen LogP contribution in [-0.2, 0) is 19.1 Å². The molecule has 4 amide bonds. The normalized spacial score (nSPS) is 20.6. The Bertz CT molecular complexity index is 4200. The summed E-state index contributed by atoms with van der Waals surface area (Å²) in [7, 11) is 2.59. The Labute approximate surface area is 524 Å². The van der Waals surface area contributed by atoms with Crippen LogP contribution in [0.3, 0.4) is 0 Å². The number of carbonyl (C=O) groups is 4. The fraction of sp³-hybridized carbons (Fsp3) is 0.389. The van der Waals surface area contributed by atoms with Gasteiger partial charge in [0.1, 0.15) is 23.7 Å². The first-order valence-corrected chi connectivity index (χ1v) is 32.1. The Morgan fingerprint density at radius 3 is 1.39 bits per heavy atom. The predicted molar refractivity (Wildman–Crippen MR) is 356 cm³/mol. The van der Waals surface area contributed by atoms with Crippen LogP contribution in [0.4, 0.5) is 9.59 Å². The molecule has 6 N–H and O–H groups in total. The van der Waals surface area contributed by atoms with E-state index in [1.54, 1.807) is 0 Å². The monoisotopic (exact) mass is 1210 g/mol. The van der Waals surface area contributed by atoms with E-state index in [-0.39, 0.29) is 35.7 Å². The third-order valence-corrected chi connectivity index (χ3v) is 19.1. The quantitative estimate of drug-likeness (QED) is 0.0565. The van der Waals surface area contributed by atoms with E-state index in [9.17, 15) is 19.2 Å². The molecule has 6 aromatic carbocycles. The molecule has 0 unspecified atom stereocenters. The van der Waals surface area contributed by atoms with E-state index in [2.05, 4.69) is 139 Å². The fourth-order valence-corrected chi connectivity index (χ4v) is 14.0. The fourth-order valence-electron chi connectivity index (χ4n) is 14.0. The van der Waals surface area contributed by atoms with Crippen molar-refractivity contribution in [3.63, 3.8) is 0 Å². The molecule has 0 saturated carbocycles. The number of rotatable bonds is 14. The van der Waals surface area contributed by atoms with Gasteiger partial charge in [-0.15, -0.1) is 0 Å². The average Bonchev–Trinajstić information content (AvgIpc) is 1.33. The Kier molecular flexibility index (Phi) is 17.2. The van der Waals surface area contributed by atoms with Crippen molar-refractivity contribution >= 4 is 89.7 Å². The highest BCUT2D eigenvalue weighted by atomic mass is 16.5. The van der Waals surface area contributed by atoms with Crippen LogP contribution in [0.2, 0.25) is 0 Å². The molecule has 90 heavy (non-hydrogen) atoms. The van der Waals surface area contributed by atoms with Crippen LogP contribution in [0.5, 0.6) is 0 Å². The molecule has 0 radical (unpaired) electrons. The van der Waals surface area contributed by atoms with Crippen LogP contribution in [0.25, 0.3) is 76.8 Å². The summed E-state index contributed by atoms with van der Waals surface area (Å²) in [5.74, 6) is 1.35. The maximum Gasteiger partial charge on any atom is 0.407 e. The van der Waals surface area contributed by atoms with Gasteiger partial charge in [-0.25, -0.2) is 19.6 Å². The Hall–Kier alpha value is -9.00. The van der Waals surface area contributed by atoms with E-state index >= 15 is 0 Å². The number of amides is 4. The number of aromatic amines is 2. The lowest BCUT2D eigenvalue weighted by molar-refractivity contribution is -0.135. The predicted octanol–water partition coefficient (Wildman–Crippen LogP) is 12.7. The number of H-pyrrole nitrogens is 2. The standard InChI is InChI=1S/C43H51N7O6.C29H29N5/c1-24(2)37(47-42(53)55-5)40(51)49-15-7-9-35(49)33-21-32(22-44-33)28-12-11-26-18-31-20-29(14-13-27(31)17-30(26)19-28)34-23-45-39(46-34)36-10-8-16-50(36)41(52)38(25(3)4)48-43(54)56-6;1-3-25(30-9-1)27-15-24(16-32-27)20-6-5-18-12-23-14-21(8-7-19(23)11-22(18)13-20)28-17-33-29(34-28)26-4-2-10-31-26/h11-14,17-20,22-25,35-38H,7-10,15-16,21H2,1-6H3,(H,45,46)(H,47,53)(H,48,54);5-8,11-14,16-17,25-26,30-31H,1-4,9-10,15H2,(H,33,34)/t35-,36-,37-,38-;25-,26-/m00/s1. The maximum absolute atomic E-state index is 13.6. The van der Waals surface area contributed by atoms with Crippen molar-refractivity contribution in [1.82, 2.24) is 51.0 Å². The van der Waals surface area contributed by atoms with Gasteiger partial charge in [0.25, 0.3) is 0 Å². The number of nitrogens with zero attached hydrogens (tertiary/aromatic N) is 6. The largest absolute Gasteiger partial charge is 0.453 e. The number of hydrogen-bond donors (Lipinski definition) is 6. The van der Waals surface area contributed by atoms with E-state index < -0.39 is 24.3 Å². The molecular weight excluding hydrogens is 1130 g/mol. The molecule has 8 heterocycles. The van der Waals surface area contributed by atoms with E-state index in [1.807, 2.05) is 56.1 Å². The zero-order chi connectivity index (χ0) is 62.2. The number of likely N-dealkylation sites (tertiary alicyclic amines) is 2. The minimum Gasteiger partial charge on any atom is -0.453 e. The lowest BCUT2D eigenvalue weighted by atomic mass is 9.94. The number of carbonyl (C=O) groups excluding carboxylic acids is 4. The number of hydrogen-bond acceptors (Lipinski definition) is 12. The summed E-state index contributed by atoms with van der Waals surface area (Å²) in [6.45, 7) is 11.1. The summed E-state index contributed by atoms with van der Waals surface area (Å²) in [6.07, 6.45) is 16.4. The van der Waals surface area contributed by atoms with Gasteiger partial charge in [0.05, 0.1) is 56.1 Å². The molecule has 6 atom stereocenters. The van der Waals surface area contributed by atoms with Crippen LogP contribution in [0.15, 0.2) is 132 Å². The first-order valence-electron chi connectivity index (χ1n) is 32.1. The maximum atomic E-state index is 13.6. The number of fused-ring (bicyclic) bond motifs is 4. The topological polar surface area (TPSA) is 223 Å². The SMILES string of the molecule is C1=C(c2ccc3cc4cc(-c5cnc([C@@H]6CCCN6)[nH]5)ccc4cc3c2)CC([C@@H]2CCCN2)=N1.COC(=O)N[C@H](C(=O)N1CCC[C@H]1C1=NC=C(c2ccc3cc4cc(-c5cnc([C@@H]6CCCN6C(=O)[C@@H](NC(=O)OC)C(C)C)[nH]5)ccc4cc3c2)C1)C(C)C. The zero-order valence-corrected chi connectivity index (χ0v) is 52.2. The summed E-state index contributed by atoms with van der Waals surface area (Å²) in [6, 6.07) is 34.6. The lowest BCUT2D eigenvalue weighted by Crippen LogP contribution is -2.53. The smallest absolute Gasteiger partial charge is 0.407 e. The van der Waals surface area contributed by atoms with Crippen molar-refractivity contribution < 1.29 is 28.7 Å². The molecule has 0 bridgehead atoms. The van der Waals surface area contributed by atoms with Crippen molar-refractivity contribution in [2.75, 3.05) is 40.4 Å². The molecule has 6 aliphatic rings. The molecule has 4 fully saturated rings. The summed E-state index contributed by atoms with van der Waals surface area (Å²) < 4.78 is 9.55. The van der Waals surface area contributed by atoms with E-state index in [0.29, 0.717) is 31.6 Å². The first kappa shape index (κ1) is 59.9. The second-order valence-corrected chi connectivity index (χ2v) is 25.6. The number of nitrogens with one attached hydrogen (secondary N) is 6. The van der Waals surface area contributed by atoms with Gasteiger partial charge in [-0.3, -0.25) is 19.6 Å². The minimum absolute atomic E-state index is 0.0878. The molecular formula is C72H80N12O6. The van der Waals surface area contributed by atoms with Gasteiger partial charge in [0, 0.05) is 66.9 Å². The molecule has 18 nitrogen and oxygen atoms in total. The van der Waals surface area contributed by atoms with E-state index in [0.717, 1.165) is 119 Å². The molecule has 2 aromatic heterocycles. The Balaban J connectivity index is 0.000000185. The number of alkyl carbamates (subject to hydrolysis) is 2. The Morgan fingerprint density at radius 2 is 0.911 bits per heavy atom. The van der Waals surface area contributed by atoms with Gasteiger partial charge < -0.3 is 50.5 Å². The number of allylic oxidation sites excluding steroid dienone is 2. The summed E-state index contributed by atoms with van der Waals surface area (Å²) in [5.41, 5.74) is 11.2. The minimum atomic E-state index is -0.688. The number of methoxy groups -OCH3 is 2. The van der Waals surface area contributed by atoms with Crippen LogP contribution < -0.4 is 21.3 Å². The molecule has 0 aliphatic carbocycles. The van der Waals surface area contributed by atoms with Crippen LogP contribution >= 0.6 is 0 Å². The number of ether oxygens (including phenoxy) is 2. The van der Waals surface area contributed by atoms with Crippen molar-refractivity contribution in [3.05, 3.63) is 145 Å². The molecule has 14 rings (SSSR count). The summed E-state index contributed by atoms with van der Waals surface area (Å²) in [5, 5.41) is 22.1. The van der Waals surface area contributed by atoms with Gasteiger partial charge in [0.2, 0.25) is 11.8 Å². The number of aliphatic imine (C=N–C) groups is 2. The van der Waals surface area contributed by atoms with Gasteiger partial charge in [0.15, 0.2) is 0 Å². The molecule has 4 saturated heterocycles. The summed E-state index contributed by atoms with van der Waals surface area (Å²) >= 11 is 0. The summed E-state index contributed by atoms with van der Waals surface area (Å²) in [4.78, 5) is 80.9. The van der Waals surface area contributed by atoms with Gasteiger partial charge in [-0.05, 0) is 190 Å². The molecule has 6 aliphatic heterocycles. The average molecular weight is 1210 g/mol. The van der Waals surface area contributed by atoms with Crippen LogP contribution in [0.1, 0.15) is 127 Å². The van der Waals surface area contributed by atoms with Gasteiger partial charge in [-0.2, -0.15) is 0 Å². The van der Waals surface area contributed by atoms with Crippen molar-refractivity contribution in [1.29, 1.82) is 0 Å². The molecule has 8 aromatic rings.